The Bertz CT molecular complexity index is 308. The molecule has 0 amide bonds. The summed E-state index contributed by atoms with van der Waals surface area (Å²) < 4.78 is 1.91. The van der Waals surface area contributed by atoms with Crippen molar-refractivity contribution in [1.82, 2.24) is 9.78 Å². The summed E-state index contributed by atoms with van der Waals surface area (Å²) in [5.74, 6) is 1.06. The number of nitrogens with two attached hydrogens (primary N) is 1. The number of hydrogen-bond acceptors (Lipinski definition) is 4. The van der Waals surface area contributed by atoms with E-state index in [2.05, 4.69) is 5.10 Å². The van der Waals surface area contributed by atoms with Crippen LogP contribution in [0.25, 0.3) is 0 Å². The first-order valence-electron chi connectivity index (χ1n) is 5.05. The van der Waals surface area contributed by atoms with Crippen LogP contribution in [-0.2, 0) is 11.3 Å². The third-order valence-corrected chi connectivity index (χ3v) is 2.23. The van der Waals surface area contributed by atoms with E-state index in [1.165, 1.54) is 0 Å². The highest BCUT2D eigenvalue weighted by atomic mass is 16.1. The maximum Gasteiger partial charge on any atom is 0.136 e. The van der Waals surface area contributed by atoms with Gasteiger partial charge in [0, 0.05) is 26.7 Å². The highest BCUT2D eigenvalue weighted by Gasteiger charge is 2.05. The average molecular weight is 210 g/mol. The van der Waals surface area contributed by atoms with E-state index in [9.17, 15) is 4.79 Å². The molecule has 0 radical (unpaired) electrons. The van der Waals surface area contributed by atoms with Crippen molar-refractivity contribution in [1.29, 1.82) is 0 Å². The molecular formula is C10H18N4O. The molecule has 0 aliphatic rings. The van der Waals surface area contributed by atoms with E-state index in [1.807, 2.05) is 29.7 Å². The third kappa shape index (κ3) is 3.36. The van der Waals surface area contributed by atoms with Crippen LogP contribution in [0, 0.1) is 0 Å². The fraction of sp³-hybridized carbons (Fsp3) is 0.600. The van der Waals surface area contributed by atoms with Crippen LogP contribution in [0.2, 0.25) is 0 Å². The molecule has 0 aliphatic carbocycles. The zero-order valence-corrected chi connectivity index (χ0v) is 9.26. The molecule has 1 aromatic rings. The number of hydrogen-bond donors (Lipinski definition) is 1. The second-order valence-corrected chi connectivity index (χ2v) is 3.75. The molecule has 84 valence electrons. The smallest absolute Gasteiger partial charge is 0.136 e. The lowest BCUT2D eigenvalue weighted by Crippen LogP contribution is -2.22. The third-order valence-electron chi connectivity index (χ3n) is 2.23. The van der Waals surface area contributed by atoms with Crippen molar-refractivity contribution in [3.8, 4) is 0 Å². The number of carbonyl (C=O) groups excluding carboxylic acids is 1. The molecule has 1 rings (SSSR count). The van der Waals surface area contributed by atoms with Crippen molar-refractivity contribution in [3.05, 3.63) is 12.3 Å². The van der Waals surface area contributed by atoms with Gasteiger partial charge >= 0.3 is 0 Å². The standard InChI is InChI=1S/C10H18N4O/c1-13(2)10-5-6-12-14(10)7-3-4-9(11)8-15/h5-6,8-9H,3-4,7,11H2,1-2H3. The van der Waals surface area contributed by atoms with Crippen LogP contribution in [0.3, 0.4) is 0 Å². The van der Waals surface area contributed by atoms with Crippen LogP contribution in [0.1, 0.15) is 12.8 Å². The Hall–Kier alpha value is -1.36. The lowest BCUT2D eigenvalue weighted by atomic mass is 10.2. The Balaban J connectivity index is 2.43. The van der Waals surface area contributed by atoms with Crippen molar-refractivity contribution < 1.29 is 4.79 Å². The minimum atomic E-state index is -0.344. The second kappa shape index (κ2) is 5.50. The first kappa shape index (κ1) is 11.7. The monoisotopic (exact) mass is 210 g/mol. The van der Waals surface area contributed by atoms with Crippen molar-refractivity contribution in [2.24, 2.45) is 5.73 Å². The van der Waals surface area contributed by atoms with E-state index >= 15 is 0 Å². The van der Waals surface area contributed by atoms with Gasteiger partial charge in [-0.05, 0) is 12.8 Å². The topological polar surface area (TPSA) is 64.2 Å². The summed E-state index contributed by atoms with van der Waals surface area (Å²) in [6.45, 7) is 0.794. The molecule has 2 N–H and O–H groups in total. The fourth-order valence-electron chi connectivity index (χ4n) is 1.42. The molecule has 0 bridgehead atoms. The molecule has 1 unspecified atom stereocenters. The summed E-state index contributed by atoms with van der Waals surface area (Å²) in [6.07, 6.45) is 4.13. The minimum absolute atomic E-state index is 0.344. The molecule has 1 heterocycles. The number of nitrogens with zero attached hydrogens (tertiary/aromatic N) is 3. The summed E-state index contributed by atoms with van der Waals surface area (Å²) in [6, 6.07) is 1.61. The zero-order chi connectivity index (χ0) is 11.3. The highest BCUT2D eigenvalue weighted by molar-refractivity contribution is 5.56. The Labute approximate surface area is 89.9 Å². The molecule has 1 atom stereocenters. The van der Waals surface area contributed by atoms with E-state index in [0.29, 0.717) is 6.42 Å². The van der Waals surface area contributed by atoms with Crippen molar-refractivity contribution in [2.45, 2.75) is 25.4 Å². The van der Waals surface area contributed by atoms with E-state index in [1.54, 1.807) is 6.20 Å². The van der Waals surface area contributed by atoms with E-state index in [-0.39, 0.29) is 6.04 Å². The molecular weight excluding hydrogens is 192 g/mol. The molecule has 0 aliphatic heterocycles. The van der Waals surface area contributed by atoms with Crippen LogP contribution in [0.15, 0.2) is 12.3 Å². The van der Waals surface area contributed by atoms with Gasteiger partial charge in [-0.2, -0.15) is 5.10 Å². The number of carbonyl (C=O) groups is 1. The molecule has 0 spiro atoms. The van der Waals surface area contributed by atoms with Crippen molar-refractivity contribution in [2.75, 3.05) is 19.0 Å². The first-order chi connectivity index (χ1) is 7.15. The SMILES string of the molecule is CN(C)c1ccnn1CCCC(N)C=O. The number of aldehydes is 1. The Morgan fingerprint density at radius 1 is 1.67 bits per heavy atom. The van der Waals surface area contributed by atoms with Gasteiger partial charge in [-0.1, -0.05) is 0 Å². The molecule has 15 heavy (non-hydrogen) atoms. The predicted molar refractivity (Wildman–Crippen MR) is 59.8 cm³/mol. The number of aromatic nitrogens is 2. The lowest BCUT2D eigenvalue weighted by molar-refractivity contribution is -0.109. The van der Waals surface area contributed by atoms with E-state index < -0.39 is 0 Å². The lowest BCUT2D eigenvalue weighted by Gasteiger charge is -2.14. The van der Waals surface area contributed by atoms with Gasteiger partial charge < -0.3 is 15.4 Å². The maximum atomic E-state index is 10.3. The van der Waals surface area contributed by atoms with Crippen molar-refractivity contribution >= 4 is 12.1 Å². The Morgan fingerprint density at radius 2 is 2.40 bits per heavy atom. The van der Waals surface area contributed by atoms with Gasteiger partial charge in [-0.15, -0.1) is 0 Å². The van der Waals surface area contributed by atoms with Crippen LogP contribution < -0.4 is 10.6 Å². The second-order valence-electron chi connectivity index (χ2n) is 3.75. The molecule has 5 heteroatoms. The van der Waals surface area contributed by atoms with Gasteiger partial charge in [-0.3, -0.25) is 0 Å². The van der Waals surface area contributed by atoms with Crippen LogP contribution in [0.5, 0.6) is 0 Å². The number of aryl methyl sites for hydroxylation is 1. The average Bonchev–Trinajstić information content (AvgIpc) is 2.65. The molecule has 0 saturated heterocycles. The largest absolute Gasteiger partial charge is 0.363 e. The maximum absolute atomic E-state index is 10.3. The van der Waals surface area contributed by atoms with Gasteiger partial charge in [0.1, 0.15) is 12.1 Å². The first-order valence-corrected chi connectivity index (χ1v) is 5.05. The van der Waals surface area contributed by atoms with Crippen molar-refractivity contribution in [3.63, 3.8) is 0 Å². The molecule has 5 nitrogen and oxygen atoms in total. The summed E-state index contributed by atoms with van der Waals surface area (Å²) >= 11 is 0. The van der Waals surface area contributed by atoms with Gasteiger partial charge in [0.15, 0.2) is 0 Å². The van der Waals surface area contributed by atoms with Gasteiger partial charge in [0.25, 0.3) is 0 Å². The minimum Gasteiger partial charge on any atom is -0.363 e. The molecule has 0 saturated carbocycles. The number of rotatable bonds is 6. The highest BCUT2D eigenvalue weighted by Crippen LogP contribution is 2.10. The predicted octanol–water partition coefficient (Wildman–Crippen LogP) is 0.255. The number of anilines is 1. The van der Waals surface area contributed by atoms with Crippen LogP contribution in [-0.4, -0.2) is 36.2 Å². The summed E-state index contributed by atoms with van der Waals surface area (Å²) in [5, 5.41) is 4.21. The molecule has 0 aromatic carbocycles. The van der Waals surface area contributed by atoms with E-state index in [4.69, 9.17) is 5.73 Å². The normalized spacial score (nSPS) is 12.5. The van der Waals surface area contributed by atoms with E-state index in [0.717, 1.165) is 25.1 Å². The quantitative estimate of drug-likeness (QED) is 0.684. The van der Waals surface area contributed by atoms with Crippen LogP contribution >= 0.6 is 0 Å². The summed E-state index contributed by atoms with van der Waals surface area (Å²) in [7, 11) is 3.95. The fourth-order valence-corrected chi connectivity index (χ4v) is 1.42. The summed E-state index contributed by atoms with van der Waals surface area (Å²) in [4.78, 5) is 12.3. The van der Waals surface area contributed by atoms with Gasteiger partial charge in [0.05, 0.1) is 12.2 Å². The molecule has 1 aromatic heterocycles. The van der Waals surface area contributed by atoms with Gasteiger partial charge in [0.2, 0.25) is 0 Å². The van der Waals surface area contributed by atoms with Gasteiger partial charge in [-0.25, -0.2) is 4.68 Å². The van der Waals surface area contributed by atoms with Crippen LogP contribution in [0.4, 0.5) is 5.82 Å². The molecule has 0 fully saturated rings. The summed E-state index contributed by atoms with van der Waals surface area (Å²) in [5.41, 5.74) is 5.50. The zero-order valence-electron chi connectivity index (χ0n) is 9.26. The Morgan fingerprint density at radius 3 is 3.00 bits per heavy atom. The Kier molecular flexibility index (Phi) is 4.30.